The first-order valence-corrected chi connectivity index (χ1v) is 8.21. The molecule has 4 heteroatoms. The van der Waals surface area contributed by atoms with Crippen LogP contribution in [0.3, 0.4) is 0 Å². The second-order valence-electron chi connectivity index (χ2n) is 6.11. The van der Waals surface area contributed by atoms with Gasteiger partial charge in [-0.15, -0.1) is 0 Å². The van der Waals surface area contributed by atoms with E-state index in [4.69, 9.17) is 4.74 Å². The molecule has 0 saturated carbocycles. The van der Waals surface area contributed by atoms with Gasteiger partial charge in [0.1, 0.15) is 0 Å². The van der Waals surface area contributed by atoms with E-state index in [1.54, 1.807) is 0 Å². The number of aliphatic hydroxyl groups is 1. The van der Waals surface area contributed by atoms with Gasteiger partial charge in [-0.1, -0.05) is 76.2 Å². The van der Waals surface area contributed by atoms with E-state index in [1.165, 1.54) is 11.8 Å². The molecule has 0 aliphatic carbocycles. The van der Waals surface area contributed by atoms with Crippen LogP contribution < -0.4 is 0 Å². The highest BCUT2D eigenvalue weighted by molar-refractivity contribution is 8.14. The van der Waals surface area contributed by atoms with Gasteiger partial charge >= 0.3 is 0 Å². The first-order valence-electron chi connectivity index (χ1n) is 7.40. The number of benzene rings is 1. The van der Waals surface area contributed by atoms with Crippen molar-refractivity contribution < 1.29 is 14.6 Å². The van der Waals surface area contributed by atoms with Crippen molar-refractivity contribution in [1.82, 2.24) is 0 Å². The predicted octanol–water partition coefficient (Wildman–Crippen LogP) is 3.79. The molecule has 0 unspecified atom stereocenters. The summed E-state index contributed by atoms with van der Waals surface area (Å²) in [4.78, 5) is 12.4. The minimum atomic E-state index is -0.769. The average Bonchev–Trinajstić information content (AvgIpc) is 2.38. The summed E-state index contributed by atoms with van der Waals surface area (Å²) in [5.74, 6) is 0. The molecular formula is C17H26O3S. The normalized spacial score (nSPS) is 14.7. The third kappa shape index (κ3) is 7.11. The molecule has 1 aromatic carbocycles. The SMILES string of the molecule is CCC[C@H](O)[C@H](OCc1ccccc1)C(=O)SC(C)(C)C. The van der Waals surface area contributed by atoms with Crippen LogP contribution in [0.1, 0.15) is 46.1 Å². The lowest BCUT2D eigenvalue weighted by molar-refractivity contribution is -0.131. The first kappa shape index (κ1) is 18.2. The Morgan fingerprint density at radius 2 is 1.90 bits per heavy atom. The van der Waals surface area contributed by atoms with E-state index in [-0.39, 0.29) is 9.86 Å². The first-order chi connectivity index (χ1) is 9.83. The van der Waals surface area contributed by atoms with Gasteiger partial charge < -0.3 is 9.84 Å². The Bertz CT molecular complexity index is 425. The molecule has 1 N–H and O–H groups in total. The Kier molecular flexibility index (Phi) is 7.43. The fourth-order valence-corrected chi connectivity index (χ4v) is 2.85. The molecule has 0 radical (unpaired) electrons. The standard InChI is InChI=1S/C17H26O3S/c1-5-9-14(18)15(16(19)21-17(2,3)4)20-12-13-10-7-6-8-11-13/h6-8,10-11,14-15,18H,5,9,12H2,1-4H3/t14-,15-/m0/s1. The number of ether oxygens (including phenoxy) is 1. The third-order valence-electron chi connectivity index (χ3n) is 2.85. The molecule has 1 aromatic rings. The third-order valence-corrected chi connectivity index (χ3v) is 3.89. The second-order valence-corrected chi connectivity index (χ2v) is 7.94. The van der Waals surface area contributed by atoms with Gasteiger partial charge in [0.25, 0.3) is 0 Å². The molecule has 0 fully saturated rings. The van der Waals surface area contributed by atoms with E-state index >= 15 is 0 Å². The largest absolute Gasteiger partial charge is 0.390 e. The molecule has 2 atom stereocenters. The number of hydrogen-bond donors (Lipinski definition) is 1. The average molecular weight is 310 g/mol. The van der Waals surface area contributed by atoms with E-state index in [1.807, 2.05) is 58.0 Å². The molecule has 118 valence electrons. The van der Waals surface area contributed by atoms with Crippen molar-refractivity contribution >= 4 is 16.9 Å². The zero-order valence-corrected chi connectivity index (χ0v) is 14.2. The Morgan fingerprint density at radius 3 is 2.43 bits per heavy atom. The van der Waals surface area contributed by atoms with Crippen LogP contribution >= 0.6 is 11.8 Å². The Morgan fingerprint density at radius 1 is 1.29 bits per heavy atom. The van der Waals surface area contributed by atoms with E-state index < -0.39 is 12.2 Å². The molecule has 0 spiro atoms. The summed E-state index contributed by atoms with van der Waals surface area (Å²) < 4.78 is 5.55. The lowest BCUT2D eigenvalue weighted by Gasteiger charge is -2.25. The Hall–Kier alpha value is -0.840. The quantitative estimate of drug-likeness (QED) is 0.832. The fraction of sp³-hybridized carbons (Fsp3) is 0.588. The van der Waals surface area contributed by atoms with Crippen molar-refractivity contribution in [2.45, 2.75) is 64.1 Å². The summed E-state index contributed by atoms with van der Waals surface area (Å²) in [6.07, 6.45) is -0.133. The van der Waals surface area contributed by atoms with Gasteiger partial charge in [0.15, 0.2) is 6.10 Å². The Labute approximate surface area is 132 Å². The maximum absolute atomic E-state index is 12.4. The summed E-state index contributed by atoms with van der Waals surface area (Å²) in [5.41, 5.74) is 1.000. The summed E-state index contributed by atoms with van der Waals surface area (Å²) in [6, 6.07) is 9.70. The molecule has 21 heavy (non-hydrogen) atoms. The molecule has 0 aromatic heterocycles. The number of carbonyl (C=O) groups is 1. The number of rotatable bonds is 7. The van der Waals surface area contributed by atoms with Gasteiger partial charge in [0.05, 0.1) is 12.7 Å². The van der Waals surface area contributed by atoms with Crippen molar-refractivity contribution in [3.63, 3.8) is 0 Å². The summed E-state index contributed by atoms with van der Waals surface area (Å²) in [7, 11) is 0. The molecule has 0 bridgehead atoms. The van der Waals surface area contributed by atoms with E-state index in [9.17, 15) is 9.90 Å². The number of carbonyl (C=O) groups excluding carboxylic acids is 1. The highest BCUT2D eigenvalue weighted by atomic mass is 32.2. The minimum Gasteiger partial charge on any atom is -0.390 e. The van der Waals surface area contributed by atoms with Gasteiger partial charge in [0, 0.05) is 4.75 Å². The van der Waals surface area contributed by atoms with Crippen LogP contribution in [-0.2, 0) is 16.1 Å². The molecule has 0 saturated heterocycles. The number of thioether (sulfide) groups is 1. The lowest BCUT2D eigenvalue weighted by atomic mass is 10.1. The van der Waals surface area contributed by atoms with Gasteiger partial charge in [0.2, 0.25) is 5.12 Å². The topological polar surface area (TPSA) is 46.5 Å². The van der Waals surface area contributed by atoms with Crippen LogP contribution in [-0.4, -0.2) is 27.2 Å². The molecule has 3 nitrogen and oxygen atoms in total. The van der Waals surface area contributed by atoms with Crippen LogP contribution in [0.4, 0.5) is 0 Å². The highest BCUT2D eigenvalue weighted by Crippen LogP contribution is 2.28. The van der Waals surface area contributed by atoms with E-state index in [0.29, 0.717) is 13.0 Å². The smallest absolute Gasteiger partial charge is 0.220 e. The maximum Gasteiger partial charge on any atom is 0.220 e. The predicted molar refractivity (Wildman–Crippen MR) is 88.3 cm³/mol. The van der Waals surface area contributed by atoms with Crippen molar-refractivity contribution in [3.8, 4) is 0 Å². The van der Waals surface area contributed by atoms with Crippen molar-refractivity contribution in [2.75, 3.05) is 0 Å². The van der Waals surface area contributed by atoms with Gasteiger partial charge in [-0.3, -0.25) is 4.79 Å². The van der Waals surface area contributed by atoms with Crippen LogP contribution in [0.25, 0.3) is 0 Å². The fourth-order valence-electron chi connectivity index (χ4n) is 1.90. The van der Waals surface area contributed by atoms with Crippen LogP contribution in [0.2, 0.25) is 0 Å². The molecule has 0 heterocycles. The van der Waals surface area contributed by atoms with Gasteiger partial charge in [-0.2, -0.15) is 0 Å². The number of hydrogen-bond acceptors (Lipinski definition) is 4. The highest BCUT2D eigenvalue weighted by Gasteiger charge is 2.30. The summed E-state index contributed by atoms with van der Waals surface area (Å²) >= 11 is 1.23. The molecular weight excluding hydrogens is 284 g/mol. The monoisotopic (exact) mass is 310 g/mol. The summed E-state index contributed by atoms with van der Waals surface area (Å²) in [6.45, 7) is 8.27. The van der Waals surface area contributed by atoms with Crippen molar-refractivity contribution in [1.29, 1.82) is 0 Å². The van der Waals surface area contributed by atoms with E-state index in [2.05, 4.69) is 0 Å². The summed E-state index contributed by atoms with van der Waals surface area (Å²) in [5, 5.41) is 10.1. The number of aliphatic hydroxyl groups excluding tert-OH is 1. The molecule has 0 aliphatic heterocycles. The van der Waals surface area contributed by atoms with Crippen LogP contribution in [0.5, 0.6) is 0 Å². The molecule has 0 amide bonds. The van der Waals surface area contributed by atoms with Gasteiger partial charge in [-0.05, 0) is 12.0 Å². The van der Waals surface area contributed by atoms with Gasteiger partial charge in [-0.25, -0.2) is 0 Å². The molecule has 1 rings (SSSR count). The Balaban J connectivity index is 2.70. The van der Waals surface area contributed by atoms with Crippen molar-refractivity contribution in [2.24, 2.45) is 0 Å². The molecule has 0 aliphatic rings. The lowest BCUT2D eigenvalue weighted by Crippen LogP contribution is -2.36. The van der Waals surface area contributed by atoms with Crippen LogP contribution in [0, 0.1) is 0 Å². The van der Waals surface area contributed by atoms with E-state index in [0.717, 1.165) is 12.0 Å². The van der Waals surface area contributed by atoms with Crippen molar-refractivity contribution in [3.05, 3.63) is 35.9 Å². The maximum atomic E-state index is 12.4. The minimum absolute atomic E-state index is 0.0978. The zero-order valence-electron chi connectivity index (χ0n) is 13.3. The zero-order chi connectivity index (χ0) is 15.9. The van der Waals surface area contributed by atoms with Crippen LogP contribution in [0.15, 0.2) is 30.3 Å². The second kappa shape index (κ2) is 8.57.